The third kappa shape index (κ3) is 6.13. The maximum Gasteiger partial charge on any atom is 0.253 e. The van der Waals surface area contributed by atoms with Crippen LogP contribution < -0.4 is 16.0 Å². The highest BCUT2D eigenvalue weighted by molar-refractivity contribution is 14.1. The lowest BCUT2D eigenvalue weighted by Crippen LogP contribution is -2.56. The van der Waals surface area contributed by atoms with E-state index in [0.717, 1.165) is 14.8 Å². The number of carbonyl (C=O) groups excluding carboxylic acids is 1. The number of hydrogen-bond acceptors (Lipinski definition) is 2. The second-order valence-electron chi connectivity index (χ2n) is 5.34. The molecule has 3 N–H and O–H groups in total. The molecule has 0 aliphatic carbocycles. The van der Waals surface area contributed by atoms with Crippen molar-refractivity contribution in [2.24, 2.45) is 0 Å². The van der Waals surface area contributed by atoms with Crippen LogP contribution in [-0.2, 0) is 0 Å². The fraction of sp³-hybridized carbons (Fsp3) is 0.176. The Kier molecular flexibility index (Phi) is 7.78. The molecule has 0 saturated heterocycles. The largest absolute Gasteiger partial charge is 0.339 e. The lowest BCUT2D eigenvalue weighted by atomic mass is 10.1. The molecule has 4 nitrogen and oxygen atoms in total. The lowest BCUT2D eigenvalue weighted by molar-refractivity contribution is 0.0934. The van der Waals surface area contributed by atoms with E-state index in [1.54, 1.807) is 12.1 Å². The fourth-order valence-corrected chi connectivity index (χ4v) is 3.17. The zero-order chi connectivity index (χ0) is 19.3. The number of benzene rings is 2. The van der Waals surface area contributed by atoms with Crippen LogP contribution in [0.3, 0.4) is 0 Å². The Morgan fingerprint density at radius 3 is 2.31 bits per heavy atom. The van der Waals surface area contributed by atoms with Crippen molar-refractivity contribution in [1.82, 2.24) is 10.6 Å². The summed E-state index contributed by atoms with van der Waals surface area (Å²) >= 11 is 25.5. The van der Waals surface area contributed by atoms with Gasteiger partial charge in [-0.2, -0.15) is 0 Å². The highest BCUT2D eigenvalue weighted by Gasteiger charge is 2.35. The zero-order valence-electron chi connectivity index (χ0n) is 13.5. The van der Waals surface area contributed by atoms with E-state index in [4.69, 9.17) is 47.0 Å². The molecule has 2 rings (SSSR count). The van der Waals surface area contributed by atoms with E-state index < -0.39 is 9.96 Å². The third-order valence-electron chi connectivity index (χ3n) is 3.39. The van der Waals surface area contributed by atoms with Gasteiger partial charge in [0.25, 0.3) is 5.91 Å². The maximum atomic E-state index is 12.5. The Hall–Kier alpha value is -0.800. The zero-order valence-corrected chi connectivity index (χ0v) is 18.8. The molecule has 1 atom stereocenters. The summed E-state index contributed by atoms with van der Waals surface area (Å²) in [6, 6.07) is 14.7. The summed E-state index contributed by atoms with van der Waals surface area (Å²) < 4.78 is -0.836. The smallest absolute Gasteiger partial charge is 0.253 e. The molecule has 0 aromatic heterocycles. The molecule has 26 heavy (non-hydrogen) atoms. The van der Waals surface area contributed by atoms with E-state index in [0.29, 0.717) is 5.56 Å². The molecular formula is C17H15Cl3IN3OS. The fourth-order valence-electron chi connectivity index (χ4n) is 2.09. The first kappa shape index (κ1) is 21.5. The minimum absolute atomic E-state index is 0.218. The monoisotopic (exact) mass is 541 g/mol. The van der Waals surface area contributed by atoms with Gasteiger partial charge in [-0.05, 0) is 65.5 Å². The number of amides is 1. The number of halogens is 4. The Labute approximate surface area is 186 Å². The molecule has 0 radical (unpaired) electrons. The van der Waals surface area contributed by atoms with E-state index in [1.807, 2.05) is 43.3 Å². The van der Waals surface area contributed by atoms with Crippen LogP contribution in [0.15, 0.2) is 48.5 Å². The van der Waals surface area contributed by atoms with E-state index in [1.165, 1.54) is 0 Å². The summed E-state index contributed by atoms with van der Waals surface area (Å²) in [5, 5.41) is 8.75. The molecule has 138 valence electrons. The van der Waals surface area contributed by atoms with Crippen LogP contribution in [0.25, 0.3) is 0 Å². The molecule has 0 saturated carbocycles. The molecule has 0 fully saturated rings. The molecule has 0 unspecified atom stereocenters. The van der Waals surface area contributed by atoms with Crippen molar-refractivity contribution in [2.45, 2.75) is 16.9 Å². The topological polar surface area (TPSA) is 53.2 Å². The Bertz CT molecular complexity index is 814. The van der Waals surface area contributed by atoms with Gasteiger partial charge in [0.05, 0.1) is 5.69 Å². The van der Waals surface area contributed by atoms with Gasteiger partial charge >= 0.3 is 0 Å². The number of alkyl halides is 3. The number of anilines is 1. The molecule has 0 aliphatic heterocycles. The van der Waals surface area contributed by atoms with Gasteiger partial charge in [-0.1, -0.05) is 65.1 Å². The molecule has 9 heteroatoms. The first-order valence-electron chi connectivity index (χ1n) is 7.43. The molecule has 2 aromatic carbocycles. The lowest BCUT2D eigenvalue weighted by Gasteiger charge is -2.28. The van der Waals surface area contributed by atoms with Crippen LogP contribution in [0.4, 0.5) is 5.69 Å². The number of aryl methyl sites for hydroxylation is 1. The normalized spacial score (nSPS) is 12.2. The van der Waals surface area contributed by atoms with Crippen molar-refractivity contribution in [1.29, 1.82) is 0 Å². The summed E-state index contributed by atoms with van der Waals surface area (Å²) in [5.41, 5.74) is 2.11. The van der Waals surface area contributed by atoms with Gasteiger partial charge in [0.15, 0.2) is 5.11 Å². The minimum Gasteiger partial charge on any atom is -0.339 e. The van der Waals surface area contributed by atoms with Crippen molar-refractivity contribution in [3.63, 3.8) is 0 Å². The molecule has 2 aromatic rings. The standard InChI is InChI=1S/C17H15Cl3IN3OS/c1-10-6-2-3-7-11(10)14(25)23-15(17(18,19)20)24-16(26)22-13-9-5-4-8-12(13)21/h2-9,15H,1H3,(H,23,25)(H2,22,24,26)/t15-/m1/s1. The van der Waals surface area contributed by atoms with Gasteiger partial charge in [0.2, 0.25) is 3.79 Å². The van der Waals surface area contributed by atoms with Crippen LogP contribution in [0.5, 0.6) is 0 Å². The first-order chi connectivity index (χ1) is 12.2. The van der Waals surface area contributed by atoms with Crippen molar-refractivity contribution < 1.29 is 4.79 Å². The van der Waals surface area contributed by atoms with Crippen LogP contribution in [-0.4, -0.2) is 21.0 Å². The van der Waals surface area contributed by atoms with E-state index in [9.17, 15) is 4.79 Å². The molecule has 0 spiro atoms. The maximum absolute atomic E-state index is 12.5. The minimum atomic E-state index is -1.81. The number of para-hydroxylation sites is 1. The predicted molar refractivity (Wildman–Crippen MR) is 121 cm³/mol. The summed E-state index contributed by atoms with van der Waals surface area (Å²) in [6.07, 6.45) is -1.03. The molecule has 1 amide bonds. The number of thiocarbonyl (C=S) groups is 1. The van der Waals surface area contributed by atoms with Gasteiger partial charge < -0.3 is 16.0 Å². The second kappa shape index (κ2) is 9.41. The van der Waals surface area contributed by atoms with Crippen molar-refractivity contribution in [3.05, 3.63) is 63.2 Å². The van der Waals surface area contributed by atoms with Gasteiger partial charge in [-0.15, -0.1) is 0 Å². The van der Waals surface area contributed by atoms with E-state index >= 15 is 0 Å². The van der Waals surface area contributed by atoms with Crippen LogP contribution in [0.2, 0.25) is 0 Å². The van der Waals surface area contributed by atoms with Crippen LogP contribution in [0, 0.1) is 10.5 Å². The Morgan fingerprint density at radius 1 is 1.08 bits per heavy atom. The van der Waals surface area contributed by atoms with Gasteiger partial charge in [-0.25, -0.2) is 0 Å². The average Bonchev–Trinajstić information content (AvgIpc) is 2.56. The highest BCUT2D eigenvalue weighted by atomic mass is 127. The van der Waals surface area contributed by atoms with Gasteiger partial charge in [0.1, 0.15) is 6.17 Å². The van der Waals surface area contributed by atoms with Crippen molar-refractivity contribution >= 4 is 86.3 Å². The summed E-state index contributed by atoms with van der Waals surface area (Å²) in [7, 11) is 0. The molecular weight excluding hydrogens is 528 g/mol. The number of nitrogens with one attached hydrogen (secondary N) is 3. The Morgan fingerprint density at radius 2 is 1.69 bits per heavy atom. The summed E-state index contributed by atoms with van der Waals surface area (Å²) in [5.74, 6) is -0.371. The van der Waals surface area contributed by atoms with Gasteiger partial charge in [0, 0.05) is 9.13 Å². The van der Waals surface area contributed by atoms with Crippen LogP contribution in [0.1, 0.15) is 15.9 Å². The quantitative estimate of drug-likeness (QED) is 0.220. The average molecular weight is 543 g/mol. The predicted octanol–water partition coefficient (Wildman–Crippen LogP) is 5.01. The van der Waals surface area contributed by atoms with Crippen LogP contribution >= 0.6 is 69.6 Å². The van der Waals surface area contributed by atoms with E-state index in [-0.39, 0.29) is 11.0 Å². The summed E-state index contributed by atoms with van der Waals surface area (Å²) in [6.45, 7) is 1.83. The SMILES string of the molecule is Cc1ccccc1C(=O)N[C@H](NC(=S)Nc1ccccc1I)C(Cl)(Cl)Cl. The molecule has 0 heterocycles. The number of carbonyl (C=O) groups is 1. The van der Waals surface area contributed by atoms with Crippen molar-refractivity contribution in [3.8, 4) is 0 Å². The van der Waals surface area contributed by atoms with Gasteiger partial charge in [-0.3, -0.25) is 4.79 Å². The van der Waals surface area contributed by atoms with E-state index in [2.05, 4.69) is 38.5 Å². The molecule has 0 bridgehead atoms. The third-order valence-corrected chi connectivity index (χ3v) is 5.21. The second-order valence-corrected chi connectivity index (χ2v) is 9.28. The summed E-state index contributed by atoms with van der Waals surface area (Å²) in [4.78, 5) is 12.5. The highest BCUT2D eigenvalue weighted by Crippen LogP contribution is 2.29. The number of hydrogen-bond donors (Lipinski definition) is 3. The first-order valence-corrected chi connectivity index (χ1v) is 10.1. The number of rotatable bonds is 4. The Balaban J connectivity index is 2.10. The molecule has 0 aliphatic rings. The van der Waals surface area contributed by atoms with Crippen molar-refractivity contribution in [2.75, 3.05) is 5.32 Å².